The highest BCUT2D eigenvalue weighted by molar-refractivity contribution is 5.90. The first-order valence-corrected chi connectivity index (χ1v) is 3.77. The van der Waals surface area contributed by atoms with E-state index in [2.05, 4.69) is 31.8 Å². The molecule has 0 bridgehead atoms. The molecular weight excluding hydrogens is 122 g/mol. The first-order chi connectivity index (χ1) is 4.56. The van der Waals surface area contributed by atoms with Gasteiger partial charge in [0, 0.05) is 16.8 Å². The minimum atomic E-state index is 0.307. The van der Waals surface area contributed by atoms with E-state index in [-0.39, 0.29) is 0 Å². The van der Waals surface area contributed by atoms with E-state index in [0.717, 1.165) is 6.42 Å². The molecule has 0 aromatic carbocycles. The Morgan fingerprint density at radius 3 is 2.30 bits per heavy atom. The molecular formula is C9H15N. The van der Waals surface area contributed by atoms with E-state index < -0.39 is 0 Å². The Bertz CT molecular complexity index is 197. The molecule has 0 fully saturated rings. The summed E-state index contributed by atoms with van der Waals surface area (Å²) in [5, 5.41) is 0. The van der Waals surface area contributed by atoms with Crippen LogP contribution in [0.15, 0.2) is 16.8 Å². The monoisotopic (exact) mass is 137 g/mol. The third kappa shape index (κ3) is 1.13. The van der Waals surface area contributed by atoms with E-state index in [1.807, 2.05) is 6.92 Å². The highest BCUT2D eigenvalue weighted by Gasteiger charge is 2.28. The normalized spacial score (nSPS) is 27.2. The van der Waals surface area contributed by atoms with E-state index in [1.165, 1.54) is 11.4 Å². The highest BCUT2D eigenvalue weighted by atomic mass is 14.8. The van der Waals surface area contributed by atoms with Gasteiger partial charge in [0.2, 0.25) is 0 Å². The third-order valence-corrected chi connectivity index (χ3v) is 2.25. The molecule has 0 aromatic rings. The van der Waals surface area contributed by atoms with Gasteiger partial charge in [-0.3, -0.25) is 4.99 Å². The van der Waals surface area contributed by atoms with E-state index in [0.29, 0.717) is 5.41 Å². The number of aliphatic imine (C=N–C) groups is 1. The molecule has 0 amide bonds. The molecule has 10 heavy (non-hydrogen) atoms. The Labute approximate surface area is 62.9 Å². The molecule has 0 unspecified atom stereocenters. The van der Waals surface area contributed by atoms with Gasteiger partial charge in [0.1, 0.15) is 0 Å². The maximum atomic E-state index is 4.44. The number of hydrogen-bond acceptors (Lipinski definition) is 1. The number of nitrogens with zero attached hydrogens (tertiary/aromatic N) is 1. The molecule has 0 saturated carbocycles. The van der Waals surface area contributed by atoms with Crippen molar-refractivity contribution in [3.8, 4) is 0 Å². The van der Waals surface area contributed by atoms with E-state index >= 15 is 0 Å². The Hall–Kier alpha value is -0.590. The first kappa shape index (κ1) is 7.52. The van der Waals surface area contributed by atoms with E-state index in [9.17, 15) is 0 Å². The average Bonchev–Trinajstić information content (AvgIpc) is 2.08. The van der Waals surface area contributed by atoms with Crippen molar-refractivity contribution in [3.63, 3.8) is 0 Å². The van der Waals surface area contributed by atoms with E-state index in [1.54, 1.807) is 0 Å². The quantitative estimate of drug-likeness (QED) is 0.487. The summed E-state index contributed by atoms with van der Waals surface area (Å²) >= 11 is 0. The summed E-state index contributed by atoms with van der Waals surface area (Å²) in [6.45, 7) is 8.63. The van der Waals surface area contributed by atoms with Gasteiger partial charge in [-0.1, -0.05) is 19.9 Å². The molecule has 0 aromatic heterocycles. The zero-order valence-electron chi connectivity index (χ0n) is 7.23. The molecule has 1 aliphatic heterocycles. The second kappa shape index (κ2) is 2.22. The standard InChI is InChI=1S/C9H15N/c1-5-8-6-9(3,4)7(2)10-8/h5H,6H2,1-4H3/b8-5-. The maximum absolute atomic E-state index is 4.44. The van der Waals surface area contributed by atoms with Gasteiger partial charge in [0.15, 0.2) is 0 Å². The van der Waals surface area contributed by atoms with Gasteiger partial charge in [0.05, 0.1) is 0 Å². The van der Waals surface area contributed by atoms with Crippen molar-refractivity contribution in [2.24, 2.45) is 10.4 Å². The molecule has 0 aliphatic carbocycles. The van der Waals surface area contributed by atoms with Crippen molar-refractivity contribution >= 4 is 5.71 Å². The SMILES string of the molecule is C/C=C1/CC(C)(C)C(C)=N1. The predicted molar refractivity (Wildman–Crippen MR) is 45.3 cm³/mol. The van der Waals surface area contributed by atoms with Crippen LogP contribution >= 0.6 is 0 Å². The fourth-order valence-corrected chi connectivity index (χ4v) is 1.15. The zero-order valence-corrected chi connectivity index (χ0v) is 7.23. The van der Waals surface area contributed by atoms with Crippen LogP contribution in [0.5, 0.6) is 0 Å². The van der Waals surface area contributed by atoms with Crippen molar-refractivity contribution < 1.29 is 0 Å². The smallest absolute Gasteiger partial charge is 0.0369 e. The molecule has 56 valence electrons. The van der Waals surface area contributed by atoms with Crippen LogP contribution in [0.3, 0.4) is 0 Å². The first-order valence-electron chi connectivity index (χ1n) is 3.77. The molecule has 1 heterocycles. The number of hydrogen-bond donors (Lipinski definition) is 0. The van der Waals surface area contributed by atoms with Crippen LogP contribution in [0.1, 0.15) is 34.1 Å². The van der Waals surface area contributed by atoms with Gasteiger partial charge in [-0.25, -0.2) is 0 Å². The lowest BCUT2D eigenvalue weighted by atomic mass is 9.86. The fourth-order valence-electron chi connectivity index (χ4n) is 1.15. The van der Waals surface area contributed by atoms with Crippen LogP contribution in [-0.2, 0) is 0 Å². The minimum absolute atomic E-state index is 0.307. The molecule has 0 atom stereocenters. The van der Waals surface area contributed by atoms with Crippen LogP contribution in [0.4, 0.5) is 0 Å². The molecule has 0 radical (unpaired) electrons. The molecule has 0 N–H and O–H groups in total. The molecule has 0 spiro atoms. The molecule has 1 rings (SSSR count). The lowest BCUT2D eigenvalue weighted by Crippen LogP contribution is -2.15. The van der Waals surface area contributed by atoms with Gasteiger partial charge < -0.3 is 0 Å². The van der Waals surface area contributed by atoms with Gasteiger partial charge in [-0.15, -0.1) is 0 Å². The van der Waals surface area contributed by atoms with Crippen molar-refractivity contribution in [2.75, 3.05) is 0 Å². The summed E-state index contributed by atoms with van der Waals surface area (Å²) in [6, 6.07) is 0. The summed E-state index contributed by atoms with van der Waals surface area (Å²) in [5.74, 6) is 0. The summed E-state index contributed by atoms with van der Waals surface area (Å²) in [7, 11) is 0. The number of rotatable bonds is 0. The van der Waals surface area contributed by atoms with Crippen LogP contribution in [0.25, 0.3) is 0 Å². The summed E-state index contributed by atoms with van der Waals surface area (Å²) in [4.78, 5) is 4.44. The average molecular weight is 137 g/mol. The van der Waals surface area contributed by atoms with Gasteiger partial charge in [-0.05, 0) is 20.3 Å². The van der Waals surface area contributed by atoms with Crippen molar-refractivity contribution in [3.05, 3.63) is 11.8 Å². The fraction of sp³-hybridized carbons (Fsp3) is 0.667. The molecule has 1 heteroatoms. The van der Waals surface area contributed by atoms with Gasteiger partial charge in [-0.2, -0.15) is 0 Å². The Morgan fingerprint density at radius 1 is 1.50 bits per heavy atom. The minimum Gasteiger partial charge on any atom is -0.262 e. The second-order valence-corrected chi connectivity index (χ2v) is 3.54. The van der Waals surface area contributed by atoms with Crippen molar-refractivity contribution in [2.45, 2.75) is 34.1 Å². The van der Waals surface area contributed by atoms with Crippen molar-refractivity contribution in [1.82, 2.24) is 0 Å². The van der Waals surface area contributed by atoms with Crippen LogP contribution in [0, 0.1) is 5.41 Å². The topological polar surface area (TPSA) is 12.4 Å². The number of allylic oxidation sites excluding steroid dienone is 2. The van der Waals surface area contributed by atoms with Crippen LogP contribution in [-0.4, -0.2) is 5.71 Å². The van der Waals surface area contributed by atoms with Gasteiger partial charge >= 0.3 is 0 Å². The molecule has 1 aliphatic rings. The summed E-state index contributed by atoms with van der Waals surface area (Å²) < 4.78 is 0. The van der Waals surface area contributed by atoms with Gasteiger partial charge in [0.25, 0.3) is 0 Å². The Kier molecular flexibility index (Phi) is 1.67. The van der Waals surface area contributed by atoms with Crippen LogP contribution in [0.2, 0.25) is 0 Å². The van der Waals surface area contributed by atoms with E-state index in [4.69, 9.17) is 0 Å². The molecule has 0 saturated heterocycles. The zero-order chi connectivity index (χ0) is 7.78. The second-order valence-electron chi connectivity index (χ2n) is 3.54. The lowest BCUT2D eigenvalue weighted by Gasteiger charge is -2.15. The highest BCUT2D eigenvalue weighted by Crippen LogP contribution is 2.34. The Morgan fingerprint density at radius 2 is 2.10 bits per heavy atom. The summed E-state index contributed by atoms with van der Waals surface area (Å²) in [5.41, 5.74) is 2.81. The summed E-state index contributed by atoms with van der Waals surface area (Å²) in [6.07, 6.45) is 3.20. The Balaban J connectivity index is 2.89. The van der Waals surface area contributed by atoms with Crippen LogP contribution < -0.4 is 0 Å². The maximum Gasteiger partial charge on any atom is 0.0369 e. The lowest BCUT2D eigenvalue weighted by molar-refractivity contribution is 0.539. The predicted octanol–water partition coefficient (Wildman–Crippen LogP) is 2.78. The largest absolute Gasteiger partial charge is 0.262 e. The third-order valence-electron chi connectivity index (χ3n) is 2.25. The van der Waals surface area contributed by atoms with Crippen molar-refractivity contribution in [1.29, 1.82) is 0 Å². The molecule has 1 nitrogen and oxygen atoms in total.